The van der Waals surface area contributed by atoms with Gasteiger partial charge in [-0.15, -0.1) is 0 Å². The second kappa shape index (κ2) is 4.38. The van der Waals surface area contributed by atoms with Gasteiger partial charge in [-0.2, -0.15) is 0 Å². The molecule has 2 heteroatoms. The molecule has 1 rings (SSSR count). The van der Waals surface area contributed by atoms with E-state index in [0.29, 0.717) is 0 Å². The van der Waals surface area contributed by atoms with Gasteiger partial charge in [-0.3, -0.25) is 4.98 Å². The fourth-order valence-electron chi connectivity index (χ4n) is 1.33. The number of pyridine rings is 1. The lowest BCUT2D eigenvalue weighted by Gasteiger charge is -2.10. The Morgan fingerprint density at radius 1 is 1.31 bits per heavy atom. The van der Waals surface area contributed by atoms with Crippen molar-refractivity contribution in [2.75, 3.05) is 20.6 Å². The number of rotatable bonds is 3. The Morgan fingerprint density at radius 2 is 2.00 bits per heavy atom. The number of hydrogen-bond donors (Lipinski definition) is 0. The van der Waals surface area contributed by atoms with E-state index in [1.165, 1.54) is 16.8 Å². The van der Waals surface area contributed by atoms with Crippen molar-refractivity contribution in [3.8, 4) is 0 Å². The molecule has 1 aromatic rings. The highest BCUT2D eigenvalue weighted by molar-refractivity contribution is 5.23. The smallest absolute Gasteiger partial charge is 0.0445 e. The Morgan fingerprint density at radius 3 is 2.54 bits per heavy atom. The molecule has 1 aromatic heterocycles. The maximum Gasteiger partial charge on any atom is 0.0445 e. The van der Waals surface area contributed by atoms with Crippen LogP contribution in [0.4, 0.5) is 0 Å². The largest absolute Gasteiger partial charge is 0.309 e. The van der Waals surface area contributed by atoms with Crippen molar-refractivity contribution in [2.45, 2.75) is 20.3 Å². The zero-order chi connectivity index (χ0) is 9.84. The predicted molar refractivity (Wildman–Crippen MR) is 56.0 cm³/mol. The molecule has 0 N–H and O–H groups in total. The molecule has 0 amide bonds. The lowest BCUT2D eigenvalue weighted by Crippen LogP contribution is -2.16. The first-order chi connectivity index (χ1) is 6.09. The van der Waals surface area contributed by atoms with Crippen LogP contribution in [-0.4, -0.2) is 30.5 Å². The van der Waals surface area contributed by atoms with Crippen molar-refractivity contribution >= 4 is 0 Å². The molecule has 0 saturated heterocycles. The maximum atomic E-state index is 4.42. The number of likely N-dealkylation sites (N-methyl/N-ethyl adjacent to an activating group) is 1. The molecule has 0 saturated carbocycles. The van der Waals surface area contributed by atoms with Crippen LogP contribution in [0.3, 0.4) is 0 Å². The molecule has 0 atom stereocenters. The van der Waals surface area contributed by atoms with Crippen LogP contribution in [-0.2, 0) is 6.42 Å². The summed E-state index contributed by atoms with van der Waals surface area (Å²) < 4.78 is 0. The molecule has 0 aromatic carbocycles. The third kappa shape index (κ3) is 3.15. The van der Waals surface area contributed by atoms with Gasteiger partial charge in [-0.1, -0.05) is 6.07 Å². The Labute approximate surface area is 80.6 Å². The minimum Gasteiger partial charge on any atom is -0.309 e. The molecule has 0 unspecified atom stereocenters. The van der Waals surface area contributed by atoms with Crippen LogP contribution < -0.4 is 0 Å². The predicted octanol–water partition coefficient (Wildman–Crippen LogP) is 1.80. The Kier molecular flexibility index (Phi) is 3.43. The molecule has 0 aliphatic carbocycles. The number of hydrogen-bond acceptors (Lipinski definition) is 2. The van der Waals surface area contributed by atoms with Crippen LogP contribution in [0, 0.1) is 13.8 Å². The molecular weight excluding hydrogens is 160 g/mol. The topological polar surface area (TPSA) is 16.1 Å². The van der Waals surface area contributed by atoms with Crippen LogP contribution in [0.1, 0.15) is 16.8 Å². The zero-order valence-electron chi connectivity index (χ0n) is 8.96. The average Bonchev–Trinajstić information content (AvgIpc) is 2.02. The van der Waals surface area contributed by atoms with E-state index in [0.717, 1.165) is 13.0 Å². The normalized spacial score (nSPS) is 10.8. The van der Waals surface area contributed by atoms with Gasteiger partial charge in [-0.25, -0.2) is 0 Å². The molecule has 2 nitrogen and oxygen atoms in total. The second-order valence-corrected chi connectivity index (χ2v) is 3.83. The van der Waals surface area contributed by atoms with Gasteiger partial charge in [0.2, 0.25) is 0 Å². The van der Waals surface area contributed by atoms with Gasteiger partial charge in [0.05, 0.1) is 0 Å². The SMILES string of the molecule is Cc1cnc(CCN(C)C)c(C)c1. The van der Waals surface area contributed by atoms with E-state index in [2.05, 4.69) is 43.9 Å². The van der Waals surface area contributed by atoms with Crippen molar-refractivity contribution in [3.63, 3.8) is 0 Å². The number of aryl methyl sites for hydroxylation is 2. The van der Waals surface area contributed by atoms with Gasteiger partial charge in [-0.05, 0) is 39.1 Å². The van der Waals surface area contributed by atoms with E-state index in [1.54, 1.807) is 0 Å². The highest BCUT2D eigenvalue weighted by Crippen LogP contribution is 2.07. The third-order valence-corrected chi connectivity index (χ3v) is 2.12. The van der Waals surface area contributed by atoms with Crippen LogP contribution in [0.15, 0.2) is 12.3 Å². The summed E-state index contributed by atoms with van der Waals surface area (Å²) in [6.45, 7) is 5.28. The molecule has 0 aliphatic rings. The van der Waals surface area contributed by atoms with Crippen molar-refractivity contribution in [1.82, 2.24) is 9.88 Å². The fourth-order valence-corrected chi connectivity index (χ4v) is 1.33. The monoisotopic (exact) mass is 178 g/mol. The molecule has 0 aliphatic heterocycles. The standard InChI is InChI=1S/C11H18N2/c1-9-7-10(2)11(12-8-9)5-6-13(3)4/h7-8H,5-6H2,1-4H3. The summed E-state index contributed by atoms with van der Waals surface area (Å²) in [5.41, 5.74) is 3.77. The maximum absolute atomic E-state index is 4.42. The van der Waals surface area contributed by atoms with Gasteiger partial charge in [0.15, 0.2) is 0 Å². The lowest BCUT2D eigenvalue weighted by atomic mass is 10.1. The first-order valence-corrected chi connectivity index (χ1v) is 4.66. The average molecular weight is 178 g/mol. The Hall–Kier alpha value is -0.890. The highest BCUT2D eigenvalue weighted by Gasteiger charge is 2.00. The van der Waals surface area contributed by atoms with Crippen molar-refractivity contribution in [1.29, 1.82) is 0 Å². The molecule has 72 valence electrons. The summed E-state index contributed by atoms with van der Waals surface area (Å²) in [6.07, 6.45) is 2.98. The van der Waals surface area contributed by atoms with E-state index in [-0.39, 0.29) is 0 Å². The van der Waals surface area contributed by atoms with Crippen molar-refractivity contribution in [3.05, 3.63) is 29.1 Å². The summed E-state index contributed by atoms with van der Waals surface area (Å²) in [5, 5.41) is 0. The molecular formula is C11H18N2. The Balaban J connectivity index is 2.67. The number of nitrogens with zero attached hydrogens (tertiary/aromatic N) is 2. The third-order valence-electron chi connectivity index (χ3n) is 2.12. The van der Waals surface area contributed by atoms with Crippen molar-refractivity contribution in [2.24, 2.45) is 0 Å². The van der Waals surface area contributed by atoms with E-state index in [1.807, 2.05) is 6.20 Å². The second-order valence-electron chi connectivity index (χ2n) is 3.83. The van der Waals surface area contributed by atoms with Gasteiger partial charge in [0.1, 0.15) is 0 Å². The summed E-state index contributed by atoms with van der Waals surface area (Å²) in [4.78, 5) is 6.60. The molecule has 0 bridgehead atoms. The van der Waals surface area contributed by atoms with E-state index in [9.17, 15) is 0 Å². The molecule has 0 spiro atoms. The van der Waals surface area contributed by atoms with E-state index >= 15 is 0 Å². The minimum absolute atomic E-state index is 1.04. The van der Waals surface area contributed by atoms with E-state index < -0.39 is 0 Å². The van der Waals surface area contributed by atoms with Crippen LogP contribution in [0.5, 0.6) is 0 Å². The van der Waals surface area contributed by atoms with Gasteiger partial charge < -0.3 is 4.90 Å². The summed E-state index contributed by atoms with van der Waals surface area (Å²) in [7, 11) is 4.17. The summed E-state index contributed by atoms with van der Waals surface area (Å²) in [6, 6.07) is 2.19. The van der Waals surface area contributed by atoms with Crippen LogP contribution in [0.2, 0.25) is 0 Å². The lowest BCUT2D eigenvalue weighted by molar-refractivity contribution is 0.411. The van der Waals surface area contributed by atoms with Crippen LogP contribution in [0.25, 0.3) is 0 Å². The fraction of sp³-hybridized carbons (Fsp3) is 0.545. The molecule has 0 radical (unpaired) electrons. The number of aromatic nitrogens is 1. The van der Waals surface area contributed by atoms with Crippen molar-refractivity contribution < 1.29 is 0 Å². The molecule has 1 heterocycles. The highest BCUT2D eigenvalue weighted by atomic mass is 15.0. The van der Waals surface area contributed by atoms with Gasteiger partial charge in [0, 0.05) is 24.9 Å². The quantitative estimate of drug-likeness (QED) is 0.701. The van der Waals surface area contributed by atoms with Gasteiger partial charge >= 0.3 is 0 Å². The van der Waals surface area contributed by atoms with E-state index in [4.69, 9.17) is 0 Å². The minimum atomic E-state index is 1.04. The Bertz CT molecular complexity index is 279. The first-order valence-electron chi connectivity index (χ1n) is 4.66. The first kappa shape index (κ1) is 10.2. The van der Waals surface area contributed by atoms with Gasteiger partial charge in [0.25, 0.3) is 0 Å². The van der Waals surface area contributed by atoms with Crippen LogP contribution >= 0.6 is 0 Å². The zero-order valence-corrected chi connectivity index (χ0v) is 8.96. The summed E-state index contributed by atoms with van der Waals surface area (Å²) in [5.74, 6) is 0. The molecule has 0 fully saturated rings. The molecule has 13 heavy (non-hydrogen) atoms. The summed E-state index contributed by atoms with van der Waals surface area (Å²) >= 11 is 0.